The molecule has 5 nitrogen and oxygen atoms in total. The van der Waals surface area contributed by atoms with Crippen molar-refractivity contribution >= 4 is 11.8 Å². The van der Waals surface area contributed by atoms with Crippen LogP contribution in [-0.2, 0) is 4.79 Å². The monoisotopic (exact) mass is 277 g/mol. The highest BCUT2D eigenvalue weighted by Gasteiger charge is 2.04. The minimum Gasteiger partial charge on any atom is -0.354 e. The summed E-state index contributed by atoms with van der Waals surface area (Å²) in [5.41, 5.74) is 7.10. The molecule has 4 N–H and O–H groups in total. The summed E-state index contributed by atoms with van der Waals surface area (Å²) in [5, 5.41) is 5.53. The Hall–Kier alpha value is -1.88. The number of aryl methyl sites for hydroxylation is 1. The van der Waals surface area contributed by atoms with E-state index in [-0.39, 0.29) is 11.8 Å². The van der Waals surface area contributed by atoms with Gasteiger partial charge in [-0.3, -0.25) is 9.59 Å². The van der Waals surface area contributed by atoms with E-state index in [1.807, 2.05) is 19.1 Å². The number of carbonyl (C=O) groups excluding carboxylic acids is 2. The first kappa shape index (κ1) is 16.2. The second-order valence-corrected chi connectivity index (χ2v) is 4.72. The van der Waals surface area contributed by atoms with Crippen molar-refractivity contribution in [3.8, 4) is 0 Å². The van der Waals surface area contributed by atoms with Gasteiger partial charge in [-0.25, -0.2) is 0 Å². The molecular weight excluding hydrogens is 254 g/mol. The Morgan fingerprint density at radius 3 is 2.35 bits per heavy atom. The lowest BCUT2D eigenvalue weighted by Crippen LogP contribution is -2.34. The molecule has 1 rings (SSSR count). The van der Waals surface area contributed by atoms with E-state index in [1.165, 1.54) is 0 Å². The lowest BCUT2D eigenvalue weighted by atomic mass is 10.1. The Bertz CT molecular complexity index is 429. The topological polar surface area (TPSA) is 84.2 Å². The predicted molar refractivity (Wildman–Crippen MR) is 79.4 cm³/mol. The van der Waals surface area contributed by atoms with E-state index in [2.05, 4.69) is 10.6 Å². The zero-order valence-corrected chi connectivity index (χ0v) is 11.9. The van der Waals surface area contributed by atoms with Crippen LogP contribution in [0.4, 0.5) is 0 Å². The van der Waals surface area contributed by atoms with Gasteiger partial charge in [0.05, 0.1) is 0 Å². The van der Waals surface area contributed by atoms with Crippen molar-refractivity contribution in [2.24, 2.45) is 5.73 Å². The van der Waals surface area contributed by atoms with E-state index in [4.69, 9.17) is 5.73 Å². The van der Waals surface area contributed by atoms with Crippen LogP contribution in [0.15, 0.2) is 24.3 Å². The summed E-state index contributed by atoms with van der Waals surface area (Å²) in [6, 6.07) is 7.37. The number of rotatable bonds is 8. The summed E-state index contributed by atoms with van der Waals surface area (Å²) in [5.74, 6) is -0.120. The van der Waals surface area contributed by atoms with Crippen LogP contribution in [0, 0.1) is 6.92 Å². The number of nitrogens with one attached hydrogen (secondary N) is 2. The molecule has 0 aliphatic heterocycles. The molecule has 0 heterocycles. The van der Waals surface area contributed by atoms with E-state index in [0.29, 0.717) is 31.6 Å². The fourth-order valence-electron chi connectivity index (χ4n) is 1.70. The summed E-state index contributed by atoms with van der Waals surface area (Å²) >= 11 is 0. The van der Waals surface area contributed by atoms with Crippen molar-refractivity contribution in [1.29, 1.82) is 0 Å². The van der Waals surface area contributed by atoms with E-state index >= 15 is 0 Å². The first-order valence-electron chi connectivity index (χ1n) is 6.95. The summed E-state index contributed by atoms with van der Waals surface area (Å²) in [4.78, 5) is 23.2. The molecular formula is C15H23N3O2. The second-order valence-electron chi connectivity index (χ2n) is 4.72. The molecule has 5 heteroatoms. The average molecular weight is 277 g/mol. The molecule has 0 bridgehead atoms. The molecule has 0 saturated heterocycles. The van der Waals surface area contributed by atoms with Gasteiger partial charge in [-0.15, -0.1) is 0 Å². The molecule has 1 aromatic carbocycles. The van der Waals surface area contributed by atoms with Crippen molar-refractivity contribution in [2.75, 3.05) is 19.6 Å². The number of unbranched alkanes of at least 4 members (excludes halogenated alkanes) is 1. The fourth-order valence-corrected chi connectivity index (χ4v) is 1.70. The van der Waals surface area contributed by atoms with Gasteiger partial charge in [-0.2, -0.15) is 0 Å². The van der Waals surface area contributed by atoms with Crippen LogP contribution in [0.3, 0.4) is 0 Å². The molecule has 0 unspecified atom stereocenters. The van der Waals surface area contributed by atoms with E-state index < -0.39 is 0 Å². The summed E-state index contributed by atoms with van der Waals surface area (Å²) in [6.07, 6.45) is 2.15. The van der Waals surface area contributed by atoms with Crippen molar-refractivity contribution < 1.29 is 9.59 Å². The van der Waals surface area contributed by atoms with Crippen molar-refractivity contribution in [2.45, 2.75) is 26.2 Å². The molecule has 0 atom stereocenters. The lowest BCUT2D eigenvalue weighted by Gasteiger charge is -2.07. The van der Waals surface area contributed by atoms with Gasteiger partial charge in [0.15, 0.2) is 0 Å². The molecule has 2 amide bonds. The Labute approximate surface area is 119 Å². The van der Waals surface area contributed by atoms with Gasteiger partial charge < -0.3 is 16.4 Å². The summed E-state index contributed by atoms with van der Waals surface area (Å²) in [6.45, 7) is 3.45. The molecule has 0 fully saturated rings. The van der Waals surface area contributed by atoms with Crippen molar-refractivity contribution in [1.82, 2.24) is 10.6 Å². The number of nitrogens with two attached hydrogens (primary N) is 1. The van der Waals surface area contributed by atoms with E-state index in [0.717, 1.165) is 18.4 Å². The van der Waals surface area contributed by atoms with E-state index in [1.54, 1.807) is 12.1 Å². The van der Waals surface area contributed by atoms with Gasteiger partial charge in [-0.05, 0) is 38.4 Å². The summed E-state index contributed by atoms with van der Waals surface area (Å²) in [7, 11) is 0. The molecule has 0 spiro atoms. The van der Waals surface area contributed by atoms with Crippen LogP contribution in [-0.4, -0.2) is 31.4 Å². The van der Waals surface area contributed by atoms with Gasteiger partial charge in [0.2, 0.25) is 5.91 Å². The van der Waals surface area contributed by atoms with Gasteiger partial charge >= 0.3 is 0 Å². The third-order valence-electron chi connectivity index (χ3n) is 2.90. The van der Waals surface area contributed by atoms with Crippen molar-refractivity contribution in [3.63, 3.8) is 0 Å². The Kier molecular flexibility index (Phi) is 7.35. The minimum atomic E-state index is -0.123. The molecule has 20 heavy (non-hydrogen) atoms. The van der Waals surface area contributed by atoms with Crippen LogP contribution < -0.4 is 16.4 Å². The van der Waals surface area contributed by atoms with Crippen LogP contribution in [0.5, 0.6) is 0 Å². The maximum Gasteiger partial charge on any atom is 0.251 e. The Morgan fingerprint density at radius 2 is 1.70 bits per heavy atom. The van der Waals surface area contributed by atoms with Crippen LogP contribution in [0.25, 0.3) is 0 Å². The third kappa shape index (κ3) is 6.33. The number of benzene rings is 1. The fraction of sp³-hybridized carbons (Fsp3) is 0.467. The quantitative estimate of drug-likeness (QED) is 0.619. The first-order chi connectivity index (χ1) is 9.63. The molecule has 0 radical (unpaired) electrons. The van der Waals surface area contributed by atoms with Crippen LogP contribution in [0.1, 0.15) is 35.2 Å². The number of carbonyl (C=O) groups is 2. The lowest BCUT2D eigenvalue weighted by molar-refractivity contribution is -0.121. The highest BCUT2D eigenvalue weighted by molar-refractivity contribution is 5.94. The van der Waals surface area contributed by atoms with Gasteiger partial charge in [0.25, 0.3) is 5.91 Å². The number of hydrogen-bond acceptors (Lipinski definition) is 3. The van der Waals surface area contributed by atoms with Gasteiger partial charge in [-0.1, -0.05) is 17.7 Å². The Morgan fingerprint density at radius 1 is 1.05 bits per heavy atom. The maximum absolute atomic E-state index is 11.8. The number of amides is 2. The molecule has 1 aromatic rings. The SMILES string of the molecule is Cc1ccc(C(=O)NCCNC(=O)CCCCN)cc1. The normalized spacial score (nSPS) is 10.1. The highest BCUT2D eigenvalue weighted by atomic mass is 16.2. The smallest absolute Gasteiger partial charge is 0.251 e. The zero-order chi connectivity index (χ0) is 14.8. The second kappa shape index (κ2) is 9.09. The van der Waals surface area contributed by atoms with Crippen LogP contribution in [0.2, 0.25) is 0 Å². The largest absolute Gasteiger partial charge is 0.354 e. The summed E-state index contributed by atoms with van der Waals surface area (Å²) < 4.78 is 0. The zero-order valence-electron chi connectivity index (χ0n) is 11.9. The van der Waals surface area contributed by atoms with Crippen LogP contribution >= 0.6 is 0 Å². The standard InChI is InChI=1S/C15H23N3O2/c1-12-5-7-13(8-6-12)15(20)18-11-10-17-14(19)4-2-3-9-16/h5-8H,2-4,9-11,16H2,1H3,(H,17,19)(H,18,20). The minimum absolute atomic E-state index is 0.00281. The first-order valence-corrected chi connectivity index (χ1v) is 6.95. The van der Waals surface area contributed by atoms with Crippen molar-refractivity contribution in [3.05, 3.63) is 35.4 Å². The molecule has 0 aromatic heterocycles. The average Bonchev–Trinajstić information content (AvgIpc) is 2.44. The molecule has 0 aliphatic rings. The number of hydrogen-bond donors (Lipinski definition) is 3. The maximum atomic E-state index is 11.8. The third-order valence-corrected chi connectivity index (χ3v) is 2.90. The predicted octanol–water partition coefficient (Wildman–Crippen LogP) is 0.970. The molecule has 0 saturated carbocycles. The Balaban J connectivity index is 2.16. The molecule has 0 aliphatic carbocycles. The van der Waals surface area contributed by atoms with E-state index in [9.17, 15) is 9.59 Å². The molecule has 110 valence electrons. The van der Waals surface area contributed by atoms with Gasteiger partial charge in [0, 0.05) is 25.1 Å². The highest BCUT2D eigenvalue weighted by Crippen LogP contribution is 2.02. The van der Waals surface area contributed by atoms with Gasteiger partial charge in [0.1, 0.15) is 0 Å².